The molecule has 2 bridgehead atoms. The van der Waals surface area contributed by atoms with Crippen LogP contribution in [0, 0.1) is 16.2 Å². The number of ether oxygens (including phenoxy) is 1. The van der Waals surface area contributed by atoms with Crippen LogP contribution >= 0.6 is 11.8 Å². The first kappa shape index (κ1) is 54.8. The van der Waals surface area contributed by atoms with E-state index in [4.69, 9.17) is 4.74 Å². The van der Waals surface area contributed by atoms with Crippen LogP contribution in [0.15, 0.2) is 98.6 Å². The summed E-state index contributed by atoms with van der Waals surface area (Å²) in [6.45, 7) is 15.1. The molecule has 9 rings (SSSR count). The summed E-state index contributed by atoms with van der Waals surface area (Å²) in [6, 6.07) is 17.0. The van der Waals surface area contributed by atoms with Crippen LogP contribution in [0.5, 0.6) is 0 Å². The van der Waals surface area contributed by atoms with Crippen LogP contribution in [0.1, 0.15) is 96.3 Å². The summed E-state index contributed by atoms with van der Waals surface area (Å²) in [5.41, 5.74) is -4.05. The largest absolute Gasteiger partial charge is 0.501 e. The highest BCUT2D eigenvalue weighted by molar-refractivity contribution is 7.99. The number of sulfone groups is 1. The van der Waals surface area contributed by atoms with Crippen molar-refractivity contribution in [3.8, 4) is 0 Å². The van der Waals surface area contributed by atoms with Crippen molar-refractivity contribution in [1.82, 2.24) is 19.8 Å². The van der Waals surface area contributed by atoms with Crippen LogP contribution in [0.2, 0.25) is 0 Å². The molecular formula is C52H67F5N6O7S3. The van der Waals surface area contributed by atoms with Gasteiger partial charge in [0.15, 0.2) is 0 Å². The van der Waals surface area contributed by atoms with E-state index < -0.39 is 76.3 Å². The van der Waals surface area contributed by atoms with Gasteiger partial charge in [0.1, 0.15) is 10.5 Å². The molecule has 0 radical (unpaired) electrons. The van der Waals surface area contributed by atoms with Crippen LogP contribution in [0.25, 0.3) is 0 Å². The third-order valence-corrected chi connectivity index (χ3v) is 19.1. The van der Waals surface area contributed by atoms with Crippen molar-refractivity contribution in [2.75, 3.05) is 68.3 Å². The molecule has 5 fully saturated rings. The number of nitrogens with one attached hydrogen (secondary N) is 3. The van der Waals surface area contributed by atoms with Crippen LogP contribution in [-0.2, 0) is 24.6 Å². The van der Waals surface area contributed by atoms with Gasteiger partial charge in [-0.2, -0.15) is 13.2 Å². The number of anilines is 2. The van der Waals surface area contributed by atoms with Crippen LogP contribution in [0.4, 0.5) is 38.1 Å². The quantitative estimate of drug-likeness (QED) is 0.0631. The number of halogens is 5. The Kier molecular flexibility index (Phi) is 15.7. The second-order valence-corrected chi connectivity index (χ2v) is 27.1. The number of hydrogen-bond acceptors (Lipinski definition) is 12. The average molecular weight is 1080 g/mol. The van der Waals surface area contributed by atoms with Gasteiger partial charge in [0.25, 0.3) is 25.8 Å². The first-order chi connectivity index (χ1) is 34.1. The number of piperazine rings is 1. The number of carbonyl (C=O) groups is 2. The Morgan fingerprint density at radius 1 is 0.877 bits per heavy atom. The molecule has 400 valence electrons. The topological polar surface area (TPSA) is 157 Å². The summed E-state index contributed by atoms with van der Waals surface area (Å²) in [5.74, 6) is -0.771. The predicted octanol–water partition coefficient (Wildman–Crippen LogP) is 9.72. The molecule has 6 aliphatic rings. The van der Waals surface area contributed by atoms with Crippen molar-refractivity contribution >= 4 is 55.0 Å². The summed E-state index contributed by atoms with van der Waals surface area (Å²) >= 11 is 1.40. The lowest BCUT2D eigenvalue weighted by Gasteiger charge is -2.72. The summed E-state index contributed by atoms with van der Waals surface area (Å²) in [7, 11) is -11.0. The molecule has 2 saturated heterocycles. The SMILES string of the molecule is CC1(C)CCC(CN2CCN(c3ccc(C(=O)NS(=O)(=O)c4ccc(N[C@H](CCN5CC[C@H](NC(=O)OC(C)(C)C)C5)CSc5ccccc5)c(S(=O)(=O)C(F)(F)F)c4)cc3)CC2)=C(C23CC(C(F)F)(C2)C3)C1. The van der Waals surface area contributed by atoms with E-state index >= 15 is 0 Å². The molecule has 3 aromatic rings. The minimum Gasteiger partial charge on any atom is -0.444 e. The minimum absolute atomic E-state index is 0.0435. The number of carbonyl (C=O) groups excluding carboxylic acids is 2. The normalized spacial score (nSPS) is 24.2. The van der Waals surface area contributed by atoms with Gasteiger partial charge < -0.3 is 25.2 Å². The van der Waals surface area contributed by atoms with Crippen LogP contribution in [-0.4, -0.2) is 126 Å². The van der Waals surface area contributed by atoms with Crippen LogP contribution < -0.4 is 20.3 Å². The molecule has 2 amide bonds. The second kappa shape index (κ2) is 20.9. The second-order valence-electron chi connectivity index (χ2n) is 22.4. The van der Waals surface area contributed by atoms with Crippen molar-refractivity contribution in [2.45, 2.75) is 130 Å². The van der Waals surface area contributed by atoms with Gasteiger partial charge in [0.2, 0.25) is 6.43 Å². The van der Waals surface area contributed by atoms with E-state index in [1.807, 2.05) is 35.1 Å². The Balaban J connectivity index is 0.911. The highest BCUT2D eigenvalue weighted by Gasteiger charge is 2.73. The maximum absolute atomic E-state index is 14.3. The predicted molar refractivity (Wildman–Crippen MR) is 272 cm³/mol. The lowest BCUT2D eigenvalue weighted by Crippen LogP contribution is -2.66. The van der Waals surface area contributed by atoms with Crippen molar-refractivity contribution in [1.29, 1.82) is 0 Å². The molecule has 0 aromatic heterocycles. The van der Waals surface area contributed by atoms with Gasteiger partial charge in [-0.25, -0.2) is 35.1 Å². The standard InChI is InChI=1S/C52H67F5N6O7S3/c1-48(2,3)70-47(65)59-37-18-21-61(30-37)22-19-38(31-71-40-9-7-6-8-10-40)58-43-16-15-41(27-44(43)72(66,67)52(55,56)57)73(68,69)60-45(64)35-11-13-39(14-12-35)63-25-23-62(24-26-63)29-36-17-20-49(4,5)28-42(36)50-32-51(33-50,34-50)46(53)54/h6-16,27,37-38,46,58H,17-26,28-34H2,1-5H3,(H,59,65)(H,60,64)/t37-,38+,50?,51?/m0/s1. The number of nitrogens with zero attached hydrogens (tertiary/aromatic N) is 3. The lowest BCUT2D eigenvalue weighted by molar-refractivity contribution is -0.250. The molecular weight excluding hydrogens is 1010 g/mol. The summed E-state index contributed by atoms with van der Waals surface area (Å²) in [4.78, 5) is 31.2. The number of benzene rings is 3. The van der Waals surface area contributed by atoms with E-state index in [1.165, 1.54) is 35.0 Å². The van der Waals surface area contributed by atoms with Crippen molar-refractivity contribution in [2.24, 2.45) is 16.2 Å². The van der Waals surface area contributed by atoms with Crippen LogP contribution in [0.3, 0.4) is 0 Å². The molecule has 4 aliphatic carbocycles. The fraction of sp³-hybridized carbons (Fsp3) is 0.577. The maximum Gasteiger partial charge on any atom is 0.501 e. The Morgan fingerprint density at radius 2 is 1.55 bits per heavy atom. The van der Waals surface area contributed by atoms with E-state index in [0.29, 0.717) is 76.6 Å². The van der Waals surface area contributed by atoms with E-state index in [-0.39, 0.29) is 22.4 Å². The van der Waals surface area contributed by atoms with Gasteiger partial charge in [0.05, 0.1) is 10.6 Å². The fourth-order valence-electron chi connectivity index (χ4n) is 11.2. The molecule has 21 heteroatoms. The molecule has 73 heavy (non-hydrogen) atoms. The zero-order valence-electron chi connectivity index (χ0n) is 42.0. The highest BCUT2D eigenvalue weighted by atomic mass is 32.2. The molecule has 2 atom stereocenters. The maximum atomic E-state index is 14.3. The molecule has 13 nitrogen and oxygen atoms in total. The minimum atomic E-state index is -6.13. The number of alkyl halides is 5. The highest BCUT2D eigenvalue weighted by Crippen LogP contribution is 2.79. The third kappa shape index (κ3) is 12.6. The van der Waals surface area contributed by atoms with Gasteiger partial charge in [-0.05, 0) is 138 Å². The molecule has 2 heterocycles. The van der Waals surface area contributed by atoms with Gasteiger partial charge in [-0.15, -0.1) is 11.8 Å². The van der Waals surface area contributed by atoms with E-state index in [2.05, 4.69) is 39.2 Å². The van der Waals surface area contributed by atoms with Gasteiger partial charge in [0, 0.05) is 91.8 Å². The van der Waals surface area contributed by atoms with Gasteiger partial charge >= 0.3 is 11.6 Å². The number of amides is 2. The number of alkyl carbamates (subject to hydrolysis) is 1. The summed E-state index contributed by atoms with van der Waals surface area (Å²) in [6.07, 6.45) is 2.93. The Morgan fingerprint density at radius 3 is 2.18 bits per heavy atom. The number of rotatable bonds is 18. The van der Waals surface area contributed by atoms with E-state index in [9.17, 15) is 48.4 Å². The fourth-order valence-corrected chi connectivity index (χ4v) is 14.2. The Labute approximate surface area is 430 Å². The Bertz CT molecular complexity index is 2740. The molecule has 3 N–H and O–H groups in total. The number of likely N-dealkylation sites (tertiary alicyclic amines) is 1. The summed E-state index contributed by atoms with van der Waals surface area (Å²) in [5, 5.41) is 5.84. The third-order valence-electron chi connectivity index (χ3n) is 15.1. The molecule has 0 spiro atoms. The average Bonchev–Trinajstić information content (AvgIpc) is 3.73. The van der Waals surface area contributed by atoms with Crippen molar-refractivity contribution < 1.29 is 53.1 Å². The lowest BCUT2D eigenvalue weighted by atomic mass is 9.32. The molecule has 3 aromatic carbocycles. The number of thioether (sulfide) groups is 1. The first-order valence-corrected chi connectivity index (χ1v) is 28.9. The molecule has 3 saturated carbocycles. The van der Waals surface area contributed by atoms with E-state index in [1.54, 1.807) is 32.9 Å². The zero-order valence-corrected chi connectivity index (χ0v) is 44.4. The number of sulfonamides is 1. The van der Waals surface area contributed by atoms with Gasteiger partial charge in [-0.1, -0.05) is 43.2 Å². The number of hydrogen-bond donors (Lipinski definition) is 3. The van der Waals surface area contributed by atoms with Crippen molar-refractivity contribution in [3.63, 3.8) is 0 Å². The smallest absolute Gasteiger partial charge is 0.444 e. The number of allylic oxidation sites excluding steroid dienone is 1. The first-order valence-electron chi connectivity index (χ1n) is 24.9. The Hall–Kier alpha value is -4.44. The summed E-state index contributed by atoms with van der Waals surface area (Å²) < 4.78 is 132. The molecule has 0 unspecified atom stereocenters. The van der Waals surface area contributed by atoms with E-state index in [0.717, 1.165) is 61.6 Å². The molecule has 2 aliphatic heterocycles. The van der Waals surface area contributed by atoms with Gasteiger partial charge in [-0.3, -0.25) is 9.69 Å². The zero-order chi connectivity index (χ0) is 52.8. The van der Waals surface area contributed by atoms with Crippen molar-refractivity contribution in [3.05, 3.63) is 89.5 Å². The monoisotopic (exact) mass is 1080 g/mol.